The van der Waals surface area contributed by atoms with Crippen molar-refractivity contribution in [1.29, 1.82) is 0 Å². The van der Waals surface area contributed by atoms with Crippen molar-refractivity contribution < 1.29 is 27.9 Å². The SMILES string of the molecule is CO/N=C(/C(=O)OC)c1ccccc1COc1ccc2c(-c3snc(Cl)c3Cl)c(F)c(=O)oc2c1C. The van der Waals surface area contributed by atoms with Crippen LogP contribution in [0.4, 0.5) is 4.39 Å². The van der Waals surface area contributed by atoms with Gasteiger partial charge in [0.1, 0.15) is 25.0 Å². The van der Waals surface area contributed by atoms with E-state index >= 15 is 0 Å². The molecule has 0 radical (unpaired) electrons. The molecule has 4 aromatic rings. The minimum Gasteiger partial charge on any atom is -0.488 e. The molecule has 0 unspecified atom stereocenters. The van der Waals surface area contributed by atoms with Crippen LogP contribution in [0.1, 0.15) is 16.7 Å². The molecule has 4 rings (SSSR count). The Labute approximate surface area is 218 Å². The second-order valence-corrected chi connectivity index (χ2v) is 8.83. The lowest BCUT2D eigenvalue weighted by Gasteiger charge is -2.14. The molecule has 0 saturated heterocycles. The molecule has 0 atom stereocenters. The van der Waals surface area contributed by atoms with E-state index < -0.39 is 17.4 Å². The summed E-state index contributed by atoms with van der Waals surface area (Å²) in [7, 11) is 2.56. The molecule has 0 spiro atoms. The van der Waals surface area contributed by atoms with Crippen molar-refractivity contribution in [2.24, 2.45) is 5.16 Å². The van der Waals surface area contributed by atoms with Gasteiger partial charge in [0, 0.05) is 22.1 Å². The van der Waals surface area contributed by atoms with Crippen molar-refractivity contribution in [1.82, 2.24) is 4.37 Å². The standard InChI is InChI=1S/C24H17Cl2FN2O6S/c1-11-15(34-10-12-6-4-5-7-13(12)19(28-33-3)24(31)32-2)9-8-14-16(18(27)23(30)35-20(11)14)21-17(25)22(26)29-36-21/h4-9H,10H2,1-3H3/b28-19+. The molecular formula is C24H17Cl2FN2O6S. The number of halogens is 3. The predicted octanol–water partition coefficient (Wildman–Crippen LogP) is 5.77. The minimum absolute atomic E-state index is 0.0103. The first-order valence-corrected chi connectivity index (χ1v) is 11.8. The summed E-state index contributed by atoms with van der Waals surface area (Å²) in [6.45, 7) is 1.69. The Morgan fingerprint density at radius 3 is 2.61 bits per heavy atom. The van der Waals surface area contributed by atoms with Gasteiger partial charge in [-0.3, -0.25) is 0 Å². The van der Waals surface area contributed by atoms with Crippen LogP contribution in [0.15, 0.2) is 50.8 Å². The lowest BCUT2D eigenvalue weighted by molar-refractivity contribution is -0.132. The number of nitrogens with zero attached hydrogens (tertiary/aromatic N) is 2. The van der Waals surface area contributed by atoms with Gasteiger partial charge in [-0.2, -0.15) is 8.76 Å². The fourth-order valence-corrected chi connectivity index (χ4v) is 4.84. The Kier molecular flexibility index (Phi) is 7.58. The lowest BCUT2D eigenvalue weighted by Crippen LogP contribution is -2.19. The average Bonchev–Trinajstić information content (AvgIpc) is 3.21. The number of oxime groups is 1. The third-order valence-corrected chi connectivity index (χ3v) is 7.08. The highest BCUT2D eigenvalue weighted by Gasteiger charge is 2.24. The number of ether oxygens (including phenoxy) is 2. The minimum atomic E-state index is -1.16. The first-order valence-electron chi connectivity index (χ1n) is 10.3. The molecule has 12 heteroatoms. The average molecular weight is 551 g/mol. The van der Waals surface area contributed by atoms with E-state index in [1.54, 1.807) is 43.3 Å². The van der Waals surface area contributed by atoms with E-state index in [0.717, 1.165) is 11.5 Å². The number of esters is 1. The Bertz CT molecular complexity index is 1570. The van der Waals surface area contributed by atoms with Crippen LogP contribution < -0.4 is 10.4 Å². The van der Waals surface area contributed by atoms with Crippen LogP contribution in [-0.4, -0.2) is 30.3 Å². The Morgan fingerprint density at radius 1 is 1.19 bits per heavy atom. The third kappa shape index (κ3) is 4.67. The van der Waals surface area contributed by atoms with Crippen molar-refractivity contribution in [2.75, 3.05) is 14.2 Å². The second-order valence-electron chi connectivity index (χ2n) is 7.32. The Balaban J connectivity index is 1.75. The van der Waals surface area contributed by atoms with Crippen LogP contribution in [0.5, 0.6) is 5.75 Å². The third-order valence-electron chi connectivity index (χ3n) is 5.26. The lowest BCUT2D eigenvalue weighted by atomic mass is 10.0. The molecule has 0 aliphatic rings. The van der Waals surface area contributed by atoms with E-state index in [0.29, 0.717) is 27.8 Å². The van der Waals surface area contributed by atoms with Gasteiger partial charge in [0.2, 0.25) is 5.82 Å². The van der Waals surface area contributed by atoms with E-state index in [1.807, 2.05) is 0 Å². The highest BCUT2D eigenvalue weighted by atomic mass is 35.5. The number of carbonyl (C=O) groups is 1. The molecule has 0 saturated carbocycles. The number of carbonyl (C=O) groups excluding carboxylic acids is 1. The highest BCUT2D eigenvalue weighted by molar-refractivity contribution is 7.11. The van der Waals surface area contributed by atoms with Crippen LogP contribution >= 0.6 is 34.7 Å². The van der Waals surface area contributed by atoms with E-state index in [2.05, 4.69) is 9.53 Å². The summed E-state index contributed by atoms with van der Waals surface area (Å²) in [5.41, 5.74) is 0.410. The van der Waals surface area contributed by atoms with Crippen molar-refractivity contribution in [2.45, 2.75) is 13.5 Å². The fourth-order valence-electron chi connectivity index (χ4n) is 3.57. The summed E-state index contributed by atoms with van der Waals surface area (Å²) in [4.78, 5) is 29.5. The van der Waals surface area contributed by atoms with Gasteiger partial charge in [-0.1, -0.05) is 52.6 Å². The van der Waals surface area contributed by atoms with Crippen molar-refractivity contribution in [3.05, 3.63) is 79.5 Å². The number of fused-ring (bicyclic) bond motifs is 1. The Hall–Kier alpha value is -3.47. The van der Waals surface area contributed by atoms with Gasteiger partial charge in [-0.15, -0.1) is 0 Å². The van der Waals surface area contributed by atoms with E-state index in [1.165, 1.54) is 14.2 Å². The second kappa shape index (κ2) is 10.7. The maximum atomic E-state index is 14.9. The zero-order valence-corrected chi connectivity index (χ0v) is 21.4. The van der Waals surface area contributed by atoms with Gasteiger partial charge < -0.3 is 18.7 Å². The number of benzene rings is 2. The predicted molar refractivity (Wildman–Crippen MR) is 135 cm³/mol. The fraction of sp³-hybridized carbons (Fsp3) is 0.167. The highest BCUT2D eigenvalue weighted by Crippen LogP contribution is 2.42. The maximum absolute atomic E-state index is 14.9. The molecule has 0 aliphatic heterocycles. The summed E-state index contributed by atoms with van der Waals surface area (Å²) < 4.78 is 34.9. The molecule has 0 N–H and O–H groups in total. The molecule has 2 heterocycles. The summed E-state index contributed by atoms with van der Waals surface area (Å²) in [6, 6.07) is 10.1. The van der Waals surface area contributed by atoms with Gasteiger partial charge in [0.25, 0.3) is 0 Å². The molecular weight excluding hydrogens is 534 g/mol. The topological polar surface area (TPSA) is 100 Å². The van der Waals surface area contributed by atoms with Crippen molar-refractivity contribution in [3.8, 4) is 16.2 Å². The molecule has 0 bridgehead atoms. The number of hydrogen-bond donors (Lipinski definition) is 0. The van der Waals surface area contributed by atoms with Crippen molar-refractivity contribution in [3.63, 3.8) is 0 Å². The summed E-state index contributed by atoms with van der Waals surface area (Å²) in [5.74, 6) is -1.40. The number of aryl methyl sites for hydroxylation is 1. The number of methoxy groups -OCH3 is 1. The Morgan fingerprint density at radius 2 is 1.94 bits per heavy atom. The zero-order valence-electron chi connectivity index (χ0n) is 19.1. The summed E-state index contributed by atoms with van der Waals surface area (Å²) >= 11 is 13.0. The summed E-state index contributed by atoms with van der Waals surface area (Å²) in [5, 5.41) is 4.14. The number of aromatic nitrogens is 1. The largest absolute Gasteiger partial charge is 0.488 e. The van der Waals surface area contributed by atoms with E-state index in [-0.39, 0.29) is 38.5 Å². The van der Waals surface area contributed by atoms with Crippen molar-refractivity contribution >= 4 is 57.4 Å². The molecule has 2 aromatic carbocycles. The molecule has 8 nitrogen and oxygen atoms in total. The molecule has 0 amide bonds. The monoisotopic (exact) mass is 550 g/mol. The van der Waals surface area contributed by atoms with E-state index in [4.69, 9.17) is 41.9 Å². The zero-order chi connectivity index (χ0) is 26.0. The van der Waals surface area contributed by atoms with Gasteiger partial charge in [-0.25, -0.2) is 9.59 Å². The van der Waals surface area contributed by atoms with Crippen LogP contribution in [0.2, 0.25) is 10.2 Å². The first kappa shape index (κ1) is 25.6. The van der Waals surface area contributed by atoms with Crippen LogP contribution in [0.3, 0.4) is 0 Å². The first-order chi connectivity index (χ1) is 17.3. The molecule has 36 heavy (non-hydrogen) atoms. The quantitative estimate of drug-likeness (QED) is 0.124. The molecule has 0 aliphatic carbocycles. The van der Waals surface area contributed by atoms with Crippen LogP contribution in [-0.2, 0) is 21.0 Å². The number of hydrogen-bond acceptors (Lipinski definition) is 9. The number of rotatable bonds is 7. The van der Waals surface area contributed by atoms with E-state index in [9.17, 15) is 14.0 Å². The molecule has 2 aromatic heterocycles. The molecule has 0 fully saturated rings. The van der Waals surface area contributed by atoms with Gasteiger partial charge >= 0.3 is 11.6 Å². The van der Waals surface area contributed by atoms with Gasteiger partial charge in [-0.05, 0) is 36.2 Å². The smallest absolute Gasteiger partial charge is 0.373 e. The van der Waals surface area contributed by atoms with Gasteiger partial charge in [0.15, 0.2) is 10.9 Å². The summed E-state index contributed by atoms with van der Waals surface area (Å²) in [6.07, 6.45) is 0. The molecule has 186 valence electrons. The van der Waals surface area contributed by atoms with Crippen LogP contribution in [0.25, 0.3) is 21.4 Å². The van der Waals surface area contributed by atoms with Crippen LogP contribution in [0, 0.1) is 12.7 Å². The normalized spacial score (nSPS) is 11.6. The van der Waals surface area contributed by atoms with Gasteiger partial charge in [0.05, 0.1) is 17.0 Å². The maximum Gasteiger partial charge on any atom is 0.373 e.